The third-order valence-corrected chi connectivity index (χ3v) is 4.12. The molecule has 3 N–H and O–H groups in total. The molecule has 0 heterocycles. The van der Waals surface area contributed by atoms with Crippen LogP contribution in [0.25, 0.3) is 0 Å². The molecule has 0 fully saturated rings. The molecule has 0 aliphatic heterocycles. The lowest BCUT2D eigenvalue weighted by Gasteiger charge is -2.22. The van der Waals surface area contributed by atoms with Crippen LogP contribution in [0.2, 0.25) is 0 Å². The number of rotatable bonds is 13. The molecule has 8 nitrogen and oxygen atoms in total. The van der Waals surface area contributed by atoms with Gasteiger partial charge in [0.1, 0.15) is 12.2 Å². The standard InChI is InChI=1S/C25H32O8/c1-17(12-8-14-19(3)23(29)30)10-6-7-11-18(2)13-9-15-20(4)24(31)33-25(32-5)22(28)21(27)16-26/h6-16,21-22,25,27-28H,1-5H3,(H,29,30)/b7-6+,12-8+,13-9+,17-10+,18-11+,19-14+,20-15+/t21-,22?,25?/m0/s1. The van der Waals surface area contributed by atoms with E-state index in [2.05, 4.69) is 0 Å². The molecule has 0 saturated carbocycles. The van der Waals surface area contributed by atoms with E-state index in [1.165, 1.54) is 33.1 Å². The average molecular weight is 461 g/mol. The number of carboxylic acids is 1. The van der Waals surface area contributed by atoms with Gasteiger partial charge in [0, 0.05) is 18.3 Å². The van der Waals surface area contributed by atoms with Gasteiger partial charge in [-0.05, 0) is 27.7 Å². The highest BCUT2D eigenvalue weighted by atomic mass is 16.7. The molecule has 0 spiro atoms. The van der Waals surface area contributed by atoms with E-state index in [9.17, 15) is 24.6 Å². The Labute approximate surface area is 194 Å². The van der Waals surface area contributed by atoms with Crippen molar-refractivity contribution in [2.45, 2.75) is 46.2 Å². The second-order valence-corrected chi connectivity index (χ2v) is 7.06. The van der Waals surface area contributed by atoms with Crippen LogP contribution in [0.4, 0.5) is 0 Å². The summed E-state index contributed by atoms with van der Waals surface area (Å²) in [5, 5.41) is 27.8. The van der Waals surface area contributed by atoms with Crippen LogP contribution >= 0.6 is 0 Å². The van der Waals surface area contributed by atoms with Gasteiger partial charge in [0.2, 0.25) is 6.29 Å². The third-order valence-electron chi connectivity index (χ3n) is 4.12. The van der Waals surface area contributed by atoms with E-state index in [-0.39, 0.29) is 17.4 Å². The summed E-state index contributed by atoms with van der Waals surface area (Å²) in [4.78, 5) is 33.3. The van der Waals surface area contributed by atoms with Crippen LogP contribution in [0.3, 0.4) is 0 Å². The Morgan fingerprint density at radius 3 is 1.70 bits per heavy atom. The molecule has 0 aliphatic carbocycles. The van der Waals surface area contributed by atoms with Gasteiger partial charge < -0.3 is 29.6 Å². The van der Waals surface area contributed by atoms with Crippen LogP contribution in [0, 0.1) is 0 Å². The number of carbonyl (C=O) groups is 3. The fourth-order valence-corrected chi connectivity index (χ4v) is 2.05. The molecule has 0 aliphatic rings. The number of ether oxygens (including phenoxy) is 2. The van der Waals surface area contributed by atoms with Crippen molar-refractivity contribution in [2.24, 2.45) is 0 Å². The van der Waals surface area contributed by atoms with Gasteiger partial charge >= 0.3 is 11.9 Å². The predicted molar refractivity (Wildman–Crippen MR) is 125 cm³/mol. The first kappa shape index (κ1) is 29.7. The minimum Gasteiger partial charge on any atom is -0.478 e. The van der Waals surface area contributed by atoms with Crippen molar-refractivity contribution in [2.75, 3.05) is 7.11 Å². The summed E-state index contributed by atoms with van der Waals surface area (Å²) in [6, 6.07) is 0. The van der Waals surface area contributed by atoms with Gasteiger partial charge in [0.05, 0.1) is 0 Å². The summed E-state index contributed by atoms with van der Waals surface area (Å²) < 4.78 is 9.76. The zero-order chi connectivity index (χ0) is 25.4. The average Bonchev–Trinajstić information content (AvgIpc) is 2.78. The van der Waals surface area contributed by atoms with Gasteiger partial charge in [0.15, 0.2) is 6.29 Å². The molecule has 0 bridgehead atoms. The van der Waals surface area contributed by atoms with Gasteiger partial charge in [-0.1, -0.05) is 71.9 Å². The van der Waals surface area contributed by atoms with E-state index in [1.54, 1.807) is 24.3 Å². The largest absolute Gasteiger partial charge is 0.478 e. The maximum absolute atomic E-state index is 12.1. The summed E-state index contributed by atoms with van der Waals surface area (Å²) in [6.07, 6.45) is 12.5. The van der Waals surface area contributed by atoms with Crippen molar-refractivity contribution in [3.05, 3.63) is 83.1 Å². The first-order valence-electron chi connectivity index (χ1n) is 10.0. The lowest BCUT2D eigenvalue weighted by molar-refractivity contribution is -0.203. The number of carbonyl (C=O) groups excluding carboxylic acids is 2. The van der Waals surface area contributed by atoms with Crippen LogP contribution in [-0.2, 0) is 23.9 Å². The summed E-state index contributed by atoms with van der Waals surface area (Å²) in [5.41, 5.74) is 2.33. The molecule has 0 radical (unpaired) electrons. The number of hydrogen-bond donors (Lipinski definition) is 3. The van der Waals surface area contributed by atoms with Crippen LogP contribution in [0.15, 0.2) is 83.1 Å². The SMILES string of the molecule is COC(OC(=O)/C(C)=C/C=C/C(C)=C/C=C/C=C(C)/C=C/C=C(\C)C(=O)O)C(O)[C@@H](O)C=O. The van der Waals surface area contributed by atoms with Crippen molar-refractivity contribution >= 4 is 18.2 Å². The number of aliphatic carboxylic acids is 1. The normalized spacial score (nSPS) is 16.9. The van der Waals surface area contributed by atoms with Crippen LogP contribution in [0.5, 0.6) is 0 Å². The van der Waals surface area contributed by atoms with E-state index in [0.29, 0.717) is 0 Å². The minimum atomic E-state index is -1.74. The van der Waals surface area contributed by atoms with Crippen molar-refractivity contribution < 1.29 is 39.2 Å². The monoisotopic (exact) mass is 460 g/mol. The van der Waals surface area contributed by atoms with Crippen molar-refractivity contribution in [3.63, 3.8) is 0 Å². The molecule has 180 valence electrons. The highest BCUT2D eigenvalue weighted by Gasteiger charge is 2.29. The zero-order valence-corrected chi connectivity index (χ0v) is 19.5. The molecule has 3 atom stereocenters. The van der Waals surface area contributed by atoms with Crippen molar-refractivity contribution in [1.82, 2.24) is 0 Å². The van der Waals surface area contributed by atoms with Crippen molar-refractivity contribution in [3.8, 4) is 0 Å². The molecule has 8 heteroatoms. The fourth-order valence-electron chi connectivity index (χ4n) is 2.05. The second kappa shape index (κ2) is 16.3. The smallest absolute Gasteiger partial charge is 0.336 e. The molecule has 0 saturated heterocycles. The lowest BCUT2D eigenvalue weighted by atomic mass is 10.2. The number of carboxylic acid groups (broad SMARTS) is 1. The fraction of sp³-hybridized carbons (Fsp3) is 0.320. The maximum atomic E-state index is 12.1. The number of aliphatic hydroxyl groups is 2. The summed E-state index contributed by atoms with van der Waals surface area (Å²) in [5.74, 6) is -1.73. The Kier molecular flexibility index (Phi) is 14.7. The highest BCUT2D eigenvalue weighted by molar-refractivity contribution is 5.88. The molecule has 0 aromatic carbocycles. The van der Waals surface area contributed by atoms with Crippen LogP contribution in [-0.4, -0.2) is 59.2 Å². The second-order valence-electron chi connectivity index (χ2n) is 7.06. The van der Waals surface area contributed by atoms with Gasteiger partial charge in [-0.2, -0.15) is 0 Å². The topological polar surface area (TPSA) is 130 Å². The Morgan fingerprint density at radius 1 is 0.788 bits per heavy atom. The van der Waals surface area contributed by atoms with Crippen LogP contribution < -0.4 is 0 Å². The Morgan fingerprint density at radius 2 is 1.27 bits per heavy atom. The van der Waals surface area contributed by atoms with E-state index < -0.39 is 30.4 Å². The van der Waals surface area contributed by atoms with Crippen molar-refractivity contribution in [1.29, 1.82) is 0 Å². The molecule has 0 aromatic heterocycles. The van der Waals surface area contributed by atoms with Gasteiger partial charge in [0.25, 0.3) is 0 Å². The number of esters is 1. The van der Waals surface area contributed by atoms with Gasteiger partial charge in [-0.3, -0.25) is 0 Å². The summed E-state index contributed by atoms with van der Waals surface area (Å²) in [7, 11) is 1.17. The summed E-state index contributed by atoms with van der Waals surface area (Å²) >= 11 is 0. The molecular formula is C25H32O8. The van der Waals surface area contributed by atoms with E-state index >= 15 is 0 Å². The first-order chi connectivity index (χ1) is 15.5. The molecular weight excluding hydrogens is 428 g/mol. The van der Waals surface area contributed by atoms with E-state index in [4.69, 9.17) is 14.6 Å². The van der Waals surface area contributed by atoms with Gasteiger partial charge in [-0.25, -0.2) is 9.59 Å². The molecule has 2 unspecified atom stereocenters. The lowest BCUT2D eigenvalue weighted by Crippen LogP contribution is -2.42. The van der Waals surface area contributed by atoms with Gasteiger partial charge in [-0.15, -0.1) is 0 Å². The van der Waals surface area contributed by atoms with Crippen LogP contribution in [0.1, 0.15) is 27.7 Å². The minimum absolute atomic E-state index is 0.119. The number of aliphatic hydroxyl groups excluding tert-OH is 2. The third kappa shape index (κ3) is 13.0. The molecule has 0 rings (SSSR count). The van der Waals surface area contributed by atoms with E-state index in [0.717, 1.165) is 11.1 Å². The molecule has 0 amide bonds. The highest BCUT2D eigenvalue weighted by Crippen LogP contribution is 2.09. The summed E-state index contributed by atoms with van der Waals surface area (Å²) in [6.45, 7) is 6.79. The quantitative estimate of drug-likeness (QED) is 0.126. The zero-order valence-electron chi connectivity index (χ0n) is 19.5. The number of aldehydes is 1. The number of methoxy groups -OCH3 is 1. The predicted octanol–water partition coefficient (Wildman–Crippen LogP) is 2.96. The maximum Gasteiger partial charge on any atom is 0.336 e. The number of hydrogen-bond acceptors (Lipinski definition) is 7. The molecule has 33 heavy (non-hydrogen) atoms. The Bertz CT molecular complexity index is 884. The molecule has 0 aromatic rings. The Balaban J connectivity index is 4.88. The number of allylic oxidation sites excluding steroid dienone is 12. The van der Waals surface area contributed by atoms with E-state index in [1.807, 2.05) is 38.2 Å². The first-order valence-corrected chi connectivity index (χ1v) is 10.0. The Hall–Kier alpha value is -3.33.